The molecule has 0 spiro atoms. The minimum Gasteiger partial charge on any atom is -0.436 e. The molecule has 3 aliphatic rings. The quantitative estimate of drug-likeness (QED) is 0.170. The second kappa shape index (κ2) is 20.2. The Morgan fingerprint density at radius 2 is 1.07 bits per heavy atom. The Labute approximate surface area is 371 Å². The van der Waals surface area contributed by atoms with Gasteiger partial charge in [-0.1, -0.05) is 85.7 Å². The Kier molecular flexibility index (Phi) is 15.6. The molecule has 0 saturated heterocycles. The van der Waals surface area contributed by atoms with Gasteiger partial charge in [-0.05, 0) is 67.3 Å². The summed E-state index contributed by atoms with van der Waals surface area (Å²) in [6.07, 6.45) is 4.57. The van der Waals surface area contributed by atoms with Crippen molar-refractivity contribution in [3.05, 3.63) is 83.9 Å². The third kappa shape index (κ3) is 10.6. The van der Waals surface area contributed by atoms with Crippen LogP contribution in [0.2, 0.25) is 25.2 Å². The van der Waals surface area contributed by atoms with Crippen LogP contribution in [0.5, 0.6) is 17.4 Å². The number of nitrogens with zero attached hydrogens (tertiary/aromatic N) is 7. The minimum absolute atomic E-state index is 0.0106. The fourth-order valence-corrected chi connectivity index (χ4v) is 7.88. The number of amides is 2. The van der Waals surface area contributed by atoms with E-state index in [1.165, 1.54) is 38.4 Å². The van der Waals surface area contributed by atoms with E-state index in [9.17, 15) is 24.0 Å². The zero-order valence-corrected chi connectivity index (χ0v) is 37.2. The van der Waals surface area contributed by atoms with E-state index in [0.717, 1.165) is 41.3 Å². The second-order valence-electron chi connectivity index (χ2n) is 13.8. The van der Waals surface area contributed by atoms with Crippen molar-refractivity contribution in [2.45, 2.75) is 72.1 Å². The van der Waals surface area contributed by atoms with Crippen LogP contribution in [0.15, 0.2) is 57.2 Å². The second-order valence-corrected chi connectivity index (χ2v) is 15.8. The summed E-state index contributed by atoms with van der Waals surface area (Å²) in [5.41, 5.74) is 2.50. The van der Waals surface area contributed by atoms with Crippen molar-refractivity contribution >= 4 is 104 Å². The molecule has 0 unspecified atom stereocenters. The maximum atomic E-state index is 12.2. The largest absolute Gasteiger partial charge is 0.436 e. The molecule has 0 aliphatic carbocycles. The smallest absolute Gasteiger partial charge is 0.250 e. The number of aliphatic imine (C=N–C) groups is 1. The van der Waals surface area contributed by atoms with E-state index in [4.69, 9.17) is 67.5 Å². The van der Waals surface area contributed by atoms with E-state index in [1.54, 1.807) is 12.1 Å². The normalized spacial score (nSPS) is 15.8. The monoisotopic (exact) mass is 917 g/mol. The van der Waals surface area contributed by atoms with E-state index >= 15 is 0 Å². The molecule has 0 N–H and O–H groups in total. The van der Waals surface area contributed by atoms with Crippen molar-refractivity contribution in [3.8, 4) is 17.4 Å². The summed E-state index contributed by atoms with van der Waals surface area (Å²) in [7, 11) is 2.95. The van der Waals surface area contributed by atoms with Crippen molar-refractivity contribution in [1.82, 2.24) is 20.2 Å². The van der Waals surface area contributed by atoms with Crippen molar-refractivity contribution in [2.75, 3.05) is 20.6 Å². The highest BCUT2D eigenvalue weighted by molar-refractivity contribution is 6.51. The predicted octanol–water partition coefficient (Wildman–Crippen LogP) is 9.12. The van der Waals surface area contributed by atoms with Gasteiger partial charge >= 0.3 is 0 Å². The standard InChI is InChI=1S/C21H21Cl2N3O4.C20H19Cl3N4O3/c1-4-11(5-2)13-8-18(24-10-17(13)28)30-21-14(22)6-12(7-15(21)23)20-16(27)9-19(29)26(3)25-20;1-4-10(5-2)12-8-16(24-25-20(12)23)30-19-13(21)6-11(7-14(19)22)18-15(28)9-17(29)27(3)26-18/h6-8,11H,4-5,9-10H2,1-3H3;6-8,10H,4-5,9H2,1-3H3. The van der Waals surface area contributed by atoms with Gasteiger partial charge in [-0.2, -0.15) is 10.2 Å². The summed E-state index contributed by atoms with van der Waals surface area (Å²) in [5.74, 6) is -0.444. The number of benzene rings is 2. The zero-order valence-electron chi connectivity index (χ0n) is 33.4. The summed E-state index contributed by atoms with van der Waals surface area (Å²) in [6, 6.07) is 7.75. The van der Waals surface area contributed by atoms with Gasteiger partial charge in [-0.15, -0.1) is 10.2 Å². The first-order chi connectivity index (χ1) is 28.5. The molecule has 3 aromatic rings. The van der Waals surface area contributed by atoms with Crippen molar-refractivity contribution in [1.29, 1.82) is 0 Å². The lowest BCUT2D eigenvalue weighted by molar-refractivity contribution is -0.135. The number of halogens is 5. The van der Waals surface area contributed by atoms with Gasteiger partial charge in [0.05, 0.1) is 32.9 Å². The number of carbonyl (C=O) groups excluding carboxylic acids is 5. The number of ether oxygens (including phenoxy) is 2. The number of dihydropyridines is 1. The molecule has 4 heterocycles. The lowest BCUT2D eigenvalue weighted by Crippen LogP contribution is -2.35. The molecule has 0 atom stereocenters. The van der Waals surface area contributed by atoms with Crippen LogP contribution in [-0.4, -0.2) is 87.3 Å². The predicted molar refractivity (Wildman–Crippen MR) is 231 cm³/mol. The van der Waals surface area contributed by atoms with Gasteiger partial charge in [-0.25, -0.2) is 15.0 Å². The van der Waals surface area contributed by atoms with Crippen LogP contribution in [0, 0.1) is 5.92 Å². The van der Waals surface area contributed by atoms with Crippen molar-refractivity contribution in [2.24, 2.45) is 21.1 Å². The molecule has 0 bridgehead atoms. The SMILES string of the molecule is CCC(CC)C1=CC(Oc2c(Cl)cc(C3=NN(C)C(=O)CC3=O)cc2Cl)=NCC1=O.CCC(CC)c1cc(Oc2c(Cl)cc(C3=NN(C)C(=O)CC3=O)cc2Cl)nnc1Cl. The van der Waals surface area contributed by atoms with Gasteiger partial charge in [0, 0.05) is 42.9 Å². The molecule has 14 nitrogen and oxygen atoms in total. The molecular formula is C41H40Cl5N7O7. The first kappa shape index (κ1) is 46.3. The number of aromatic nitrogens is 2. The van der Waals surface area contributed by atoms with E-state index in [2.05, 4.69) is 39.2 Å². The molecule has 19 heteroatoms. The molecule has 0 radical (unpaired) electrons. The molecule has 2 amide bonds. The average molecular weight is 920 g/mol. The summed E-state index contributed by atoms with van der Waals surface area (Å²) in [5, 5.41) is 19.2. The lowest BCUT2D eigenvalue weighted by atomic mass is 9.89. The van der Waals surface area contributed by atoms with E-state index in [0.29, 0.717) is 21.9 Å². The molecule has 3 aliphatic heterocycles. The van der Waals surface area contributed by atoms with Gasteiger partial charge in [0.2, 0.25) is 23.6 Å². The van der Waals surface area contributed by atoms with Crippen LogP contribution < -0.4 is 9.47 Å². The van der Waals surface area contributed by atoms with Crippen molar-refractivity contribution < 1.29 is 33.4 Å². The van der Waals surface area contributed by atoms with E-state index in [-0.39, 0.29) is 104 Å². The third-order valence-corrected chi connectivity index (χ3v) is 11.3. The fraction of sp³-hybridized carbons (Fsp3) is 0.366. The number of hydrogen-bond donors (Lipinski definition) is 0. The number of hydrogen-bond acceptors (Lipinski definition) is 12. The Morgan fingerprint density at radius 1 is 0.617 bits per heavy atom. The van der Waals surface area contributed by atoms with E-state index in [1.807, 2.05) is 13.8 Å². The van der Waals surface area contributed by atoms with Crippen LogP contribution in [0.4, 0.5) is 0 Å². The molecule has 1 aromatic heterocycles. The van der Waals surface area contributed by atoms with Crippen LogP contribution in [0.3, 0.4) is 0 Å². The van der Waals surface area contributed by atoms with Crippen LogP contribution in [0.25, 0.3) is 0 Å². The number of carbonyl (C=O) groups is 5. The van der Waals surface area contributed by atoms with Gasteiger partial charge in [0.1, 0.15) is 18.0 Å². The van der Waals surface area contributed by atoms with Crippen LogP contribution in [-0.2, 0) is 24.0 Å². The maximum absolute atomic E-state index is 12.2. The number of hydrazone groups is 2. The Balaban J connectivity index is 0.000000228. The molecule has 0 fully saturated rings. The fourth-order valence-electron chi connectivity index (χ4n) is 6.50. The Morgan fingerprint density at radius 3 is 1.52 bits per heavy atom. The highest BCUT2D eigenvalue weighted by Crippen LogP contribution is 2.39. The minimum atomic E-state index is -0.410. The number of ketones is 3. The highest BCUT2D eigenvalue weighted by Gasteiger charge is 2.30. The van der Waals surface area contributed by atoms with Crippen LogP contribution in [0.1, 0.15) is 88.8 Å². The van der Waals surface area contributed by atoms with Gasteiger partial charge in [-0.3, -0.25) is 24.0 Å². The molecular weight excluding hydrogens is 880 g/mol. The molecule has 60 heavy (non-hydrogen) atoms. The first-order valence-electron chi connectivity index (χ1n) is 18.9. The average Bonchev–Trinajstić information content (AvgIpc) is 3.20. The van der Waals surface area contributed by atoms with E-state index < -0.39 is 11.6 Å². The third-order valence-electron chi connectivity index (χ3n) is 9.91. The lowest BCUT2D eigenvalue weighted by Gasteiger charge is -2.21. The highest BCUT2D eigenvalue weighted by atomic mass is 35.5. The number of Topliss-reactive ketones (excluding diaryl/α,β-unsaturated/α-hetero) is 3. The summed E-state index contributed by atoms with van der Waals surface area (Å²) >= 11 is 31.7. The molecule has 316 valence electrons. The van der Waals surface area contributed by atoms with Crippen molar-refractivity contribution in [3.63, 3.8) is 0 Å². The molecule has 6 rings (SSSR count). The molecule has 0 saturated carbocycles. The van der Waals surface area contributed by atoms with Gasteiger partial charge in [0.25, 0.3) is 0 Å². The summed E-state index contributed by atoms with van der Waals surface area (Å²) in [6.45, 7) is 8.20. The van der Waals surface area contributed by atoms with Gasteiger partial charge < -0.3 is 9.47 Å². The zero-order chi connectivity index (χ0) is 44.0. The Hall–Kier alpha value is -4.73. The number of rotatable bonds is 11. The Bertz CT molecular complexity index is 2330. The van der Waals surface area contributed by atoms with Crippen LogP contribution >= 0.6 is 58.0 Å². The van der Waals surface area contributed by atoms with Gasteiger partial charge in [0.15, 0.2) is 34.0 Å². The first-order valence-corrected chi connectivity index (χ1v) is 20.8. The summed E-state index contributed by atoms with van der Waals surface area (Å²) < 4.78 is 11.6. The summed E-state index contributed by atoms with van der Waals surface area (Å²) in [4.78, 5) is 64.0. The molecule has 2 aromatic carbocycles. The topological polar surface area (TPSA) is 173 Å². The maximum Gasteiger partial charge on any atom is 0.250 e.